The first-order valence-corrected chi connectivity index (χ1v) is 8.33. The van der Waals surface area contributed by atoms with E-state index >= 15 is 0 Å². The highest BCUT2D eigenvalue weighted by molar-refractivity contribution is 14.1. The molecule has 0 aliphatic heterocycles. The molecule has 3 nitrogen and oxygen atoms in total. The molecule has 1 fully saturated rings. The van der Waals surface area contributed by atoms with Crippen molar-refractivity contribution in [1.29, 1.82) is 0 Å². The summed E-state index contributed by atoms with van der Waals surface area (Å²) < 4.78 is 2.19. The van der Waals surface area contributed by atoms with Crippen molar-refractivity contribution >= 4 is 55.1 Å². The average molecular weight is 432 g/mol. The minimum Gasteiger partial charge on any atom is -0.323 e. The highest BCUT2D eigenvalue weighted by Gasteiger charge is 2.21. The predicted octanol–water partition coefficient (Wildman–Crippen LogP) is 4.55. The molecule has 1 aliphatic rings. The van der Waals surface area contributed by atoms with Crippen LogP contribution in [-0.4, -0.2) is 4.98 Å². The Hall–Kier alpha value is -0.400. The van der Waals surface area contributed by atoms with E-state index in [4.69, 9.17) is 10.8 Å². The molecule has 3 N–H and O–H groups in total. The average Bonchev–Trinajstić information content (AvgIpc) is 2.96. The van der Waals surface area contributed by atoms with Crippen LogP contribution in [0.3, 0.4) is 0 Å². The lowest BCUT2D eigenvalue weighted by atomic mass is 10.0. The Bertz CT molecular complexity index is 624. The number of nitrogen functional groups attached to an aromatic ring is 1. The zero-order chi connectivity index (χ0) is 13.4. The Kier molecular flexibility index (Phi) is 3.96. The summed E-state index contributed by atoms with van der Waals surface area (Å²) >= 11 is 5.93. The molecule has 100 valence electrons. The van der Waals surface area contributed by atoms with E-state index in [1.807, 2.05) is 0 Å². The number of nitrogens with zero attached hydrogens (tertiary/aromatic N) is 1. The number of rotatable bonds is 2. The zero-order valence-corrected chi connectivity index (χ0v) is 14.2. The number of pyridine rings is 1. The molecule has 1 heterocycles. The Labute approximate surface area is 134 Å². The van der Waals surface area contributed by atoms with Gasteiger partial charge in [-0.25, -0.2) is 0 Å². The molecule has 0 radical (unpaired) electrons. The lowest BCUT2D eigenvalue weighted by Gasteiger charge is -2.15. The van der Waals surface area contributed by atoms with Crippen molar-refractivity contribution in [2.24, 2.45) is 5.84 Å². The van der Waals surface area contributed by atoms with Crippen LogP contribution in [0.4, 0.5) is 5.69 Å². The molecule has 0 unspecified atom stereocenters. The van der Waals surface area contributed by atoms with Gasteiger partial charge >= 0.3 is 0 Å². The van der Waals surface area contributed by atoms with Crippen LogP contribution in [0.5, 0.6) is 0 Å². The number of benzene rings is 1. The van der Waals surface area contributed by atoms with Gasteiger partial charge in [0.25, 0.3) is 0 Å². The SMILES string of the molecule is NNc1cc(C2CCCC2)nc2c(Br)ccc(I)c12. The molecule has 0 spiro atoms. The number of hydrogen-bond acceptors (Lipinski definition) is 3. The molecule has 2 aromatic rings. The predicted molar refractivity (Wildman–Crippen MR) is 91.2 cm³/mol. The van der Waals surface area contributed by atoms with E-state index in [9.17, 15) is 0 Å². The van der Waals surface area contributed by atoms with Gasteiger partial charge in [-0.3, -0.25) is 10.8 Å². The van der Waals surface area contributed by atoms with Gasteiger partial charge in [0.05, 0.1) is 11.2 Å². The summed E-state index contributed by atoms with van der Waals surface area (Å²) in [4.78, 5) is 4.88. The van der Waals surface area contributed by atoms with Crippen LogP contribution < -0.4 is 11.3 Å². The van der Waals surface area contributed by atoms with E-state index in [0.29, 0.717) is 5.92 Å². The highest BCUT2D eigenvalue weighted by Crippen LogP contribution is 2.38. The number of fused-ring (bicyclic) bond motifs is 1. The first-order chi connectivity index (χ1) is 9.20. The largest absolute Gasteiger partial charge is 0.323 e. The molecule has 3 rings (SSSR count). The third kappa shape index (κ3) is 2.48. The molecular weight excluding hydrogens is 417 g/mol. The lowest BCUT2D eigenvalue weighted by molar-refractivity contribution is 0.701. The highest BCUT2D eigenvalue weighted by atomic mass is 127. The fraction of sp³-hybridized carbons (Fsp3) is 0.357. The van der Waals surface area contributed by atoms with Crippen molar-refractivity contribution in [2.75, 3.05) is 5.43 Å². The zero-order valence-electron chi connectivity index (χ0n) is 10.4. The fourth-order valence-corrected chi connectivity index (χ4v) is 3.98. The Balaban J connectivity index is 2.24. The van der Waals surface area contributed by atoms with Gasteiger partial charge in [-0.1, -0.05) is 12.8 Å². The van der Waals surface area contributed by atoms with E-state index in [0.717, 1.165) is 24.6 Å². The molecule has 5 heteroatoms. The van der Waals surface area contributed by atoms with Crippen molar-refractivity contribution in [3.05, 3.63) is 31.9 Å². The van der Waals surface area contributed by atoms with Crippen LogP contribution in [0.25, 0.3) is 10.9 Å². The summed E-state index contributed by atoms with van der Waals surface area (Å²) in [5.41, 5.74) is 5.98. The van der Waals surface area contributed by atoms with Crippen molar-refractivity contribution in [2.45, 2.75) is 31.6 Å². The topological polar surface area (TPSA) is 50.9 Å². The van der Waals surface area contributed by atoms with Gasteiger partial charge < -0.3 is 5.43 Å². The molecular formula is C14H15BrIN3. The molecule has 0 amide bonds. The lowest BCUT2D eigenvalue weighted by Crippen LogP contribution is -2.10. The van der Waals surface area contributed by atoms with E-state index in [-0.39, 0.29) is 0 Å². The van der Waals surface area contributed by atoms with Crippen LogP contribution in [0.1, 0.15) is 37.3 Å². The smallest absolute Gasteiger partial charge is 0.0879 e. The van der Waals surface area contributed by atoms with Gasteiger partial charge in [-0.05, 0) is 69.6 Å². The number of anilines is 1. The molecule has 19 heavy (non-hydrogen) atoms. The van der Waals surface area contributed by atoms with Crippen molar-refractivity contribution in [1.82, 2.24) is 4.98 Å². The van der Waals surface area contributed by atoms with Gasteiger partial charge in [0, 0.05) is 25.0 Å². The summed E-state index contributed by atoms with van der Waals surface area (Å²) in [6.45, 7) is 0. The minimum absolute atomic E-state index is 0.585. The second-order valence-electron chi connectivity index (χ2n) is 4.97. The van der Waals surface area contributed by atoms with E-state index in [2.05, 4.69) is 62.1 Å². The number of aromatic nitrogens is 1. The number of nitrogens with two attached hydrogens (primary N) is 1. The van der Waals surface area contributed by atoms with Crippen LogP contribution in [0, 0.1) is 3.57 Å². The third-order valence-electron chi connectivity index (χ3n) is 3.81. The number of hydrazine groups is 1. The Morgan fingerprint density at radius 2 is 2.05 bits per heavy atom. The third-order valence-corrected chi connectivity index (χ3v) is 5.35. The van der Waals surface area contributed by atoms with E-state index < -0.39 is 0 Å². The molecule has 1 aromatic carbocycles. The maximum Gasteiger partial charge on any atom is 0.0879 e. The van der Waals surface area contributed by atoms with Crippen LogP contribution in [0.2, 0.25) is 0 Å². The number of nitrogens with one attached hydrogen (secondary N) is 1. The fourth-order valence-electron chi connectivity index (χ4n) is 2.83. The van der Waals surface area contributed by atoms with Crippen molar-refractivity contribution < 1.29 is 0 Å². The monoisotopic (exact) mass is 431 g/mol. The molecule has 0 atom stereocenters. The normalized spacial score (nSPS) is 16.2. The van der Waals surface area contributed by atoms with E-state index in [1.54, 1.807) is 0 Å². The minimum atomic E-state index is 0.585. The van der Waals surface area contributed by atoms with Crippen molar-refractivity contribution in [3.63, 3.8) is 0 Å². The second-order valence-corrected chi connectivity index (χ2v) is 6.99. The summed E-state index contributed by atoms with van der Waals surface area (Å²) in [7, 11) is 0. The molecule has 1 aliphatic carbocycles. The first-order valence-electron chi connectivity index (χ1n) is 6.46. The van der Waals surface area contributed by atoms with Crippen LogP contribution in [0.15, 0.2) is 22.7 Å². The van der Waals surface area contributed by atoms with Gasteiger partial charge in [0.2, 0.25) is 0 Å². The number of hydrogen-bond donors (Lipinski definition) is 2. The van der Waals surface area contributed by atoms with Gasteiger partial charge in [0.15, 0.2) is 0 Å². The summed E-state index contributed by atoms with van der Waals surface area (Å²) in [6, 6.07) is 6.24. The first kappa shape index (κ1) is 13.6. The van der Waals surface area contributed by atoms with Crippen molar-refractivity contribution in [3.8, 4) is 0 Å². The summed E-state index contributed by atoms with van der Waals surface area (Å²) in [5, 5.41) is 1.10. The number of halogens is 2. The van der Waals surface area contributed by atoms with Gasteiger partial charge in [0.1, 0.15) is 0 Å². The van der Waals surface area contributed by atoms with E-state index in [1.165, 1.54) is 31.4 Å². The summed E-state index contributed by atoms with van der Waals surface area (Å²) in [6.07, 6.45) is 5.10. The second kappa shape index (κ2) is 5.54. The molecule has 1 saturated carbocycles. The van der Waals surface area contributed by atoms with Crippen LogP contribution in [-0.2, 0) is 0 Å². The quantitative estimate of drug-likeness (QED) is 0.416. The van der Waals surface area contributed by atoms with Crippen LogP contribution >= 0.6 is 38.5 Å². The maximum atomic E-state index is 5.71. The standard InChI is InChI=1S/C14H15BrIN3/c15-9-5-6-10(16)13-12(19-17)7-11(18-14(9)13)8-3-1-2-4-8/h5-8H,1-4,17H2,(H,18,19). The Morgan fingerprint density at radius 3 is 2.74 bits per heavy atom. The molecule has 1 aromatic heterocycles. The Morgan fingerprint density at radius 1 is 1.32 bits per heavy atom. The summed E-state index contributed by atoms with van der Waals surface area (Å²) in [5.74, 6) is 6.29. The van der Waals surface area contributed by atoms with Gasteiger partial charge in [-0.2, -0.15) is 0 Å². The van der Waals surface area contributed by atoms with Gasteiger partial charge in [-0.15, -0.1) is 0 Å². The maximum absolute atomic E-state index is 5.71. The molecule has 0 bridgehead atoms. The molecule has 0 saturated heterocycles.